The van der Waals surface area contributed by atoms with Gasteiger partial charge in [-0.25, -0.2) is 0 Å². The van der Waals surface area contributed by atoms with E-state index in [9.17, 15) is 9.90 Å². The minimum Gasteiger partial charge on any atom is -0.507 e. The number of carbonyl (C=O) groups excluding carboxylic acids is 1. The van der Waals surface area contributed by atoms with Crippen molar-refractivity contribution >= 4 is 21.8 Å². The van der Waals surface area contributed by atoms with Crippen LogP contribution in [0, 0.1) is 11.8 Å². The molecule has 1 aromatic carbocycles. The molecule has 0 radical (unpaired) electrons. The van der Waals surface area contributed by atoms with Crippen molar-refractivity contribution in [3.8, 4) is 5.75 Å². The normalized spacial score (nSPS) is 23.1. The van der Waals surface area contributed by atoms with Crippen molar-refractivity contribution in [2.75, 3.05) is 19.6 Å². The van der Waals surface area contributed by atoms with Crippen molar-refractivity contribution in [2.24, 2.45) is 11.8 Å². The van der Waals surface area contributed by atoms with Gasteiger partial charge in [0.05, 0.1) is 5.56 Å². The Morgan fingerprint density at radius 2 is 2.37 bits per heavy atom. The first-order chi connectivity index (χ1) is 9.08. The topological polar surface area (TPSA) is 61.4 Å². The predicted octanol–water partition coefficient (Wildman–Crippen LogP) is 2.13. The molecule has 5 heteroatoms. The molecule has 1 aromatic rings. The summed E-state index contributed by atoms with van der Waals surface area (Å²) in [6, 6.07) is 4.91. The van der Waals surface area contributed by atoms with Crippen molar-refractivity contribution < 1.29 is 9.90 Å². The van der Waals surface area contributed by atoms with Crippen LogP contribution in [-0.4, -0.2) is 30.6 Å². The Bertz CT molecular complexity index is 465. The fraction of sp³-hybridized carbons (Fsp3) is 0.500. The van der Waals surface area contributed by atoms with Crippen LogP contribution in [0.2, 0.25) is 0 Å². The Labute approximate surface area is 121 Å². The van der Waals surface area contributed by atoms with E-state index in [1.807, 2.05) is 0 Å². The van der Waals surface area contributed by atoms with Crippen molar-refractivity contribution in [1.29, 1.82) is 0 Å². The summed E-state index contributed by atoms with van der Waals surface area (Å²) in [5, 5.41) is 16.0. The molecule has 0 aliphatic carbocycles. The number of benzene rings is 1. The number of hydrogen-bond donors (Lipinski definition) is 3. The Morgan fingerprint density at radius 3 is 3.05 bits per heavy atom. The average Bonchev–Trinajstić information content (AvgIpc) is 2.37. The van der Waals surface area contributed by atoms with Crippen molar-refractivity contribution in [3.63, 3.8) is 0 Å². The van der Waals surface area contributed by atoms with Gasteiger partial charge in [-0.2, -0.15) is 0 Å². The monoisotopic (exact) mass is 326 g/mol. The molecule has 2 unspecified atom stereocenters. The lowest BCUT2D eigenvalue weighted by molar-refractivity contribution is 0.0935. The number of carbonyl (C=O) groups is 1. The van der Waals surface area contributed by atoms with E-state index < -0.39 is 0 Å². The number of hydrogen-bond acceptors (Lipinski definition) is 3. The third-order valence-electron chi connectivity index (χ3n) is 3.69. The maximum atomic E-state index is 12.0. The van der Waals surface area contributed by atoms with Crippen LogP contribution in [0.4, 0.5) is 0 Å². The highest BCUT2D eigenvalue weighted by molar-refractivity contribution is 9.10. The van der Waals surface area contributed by atoms with Gasteiger partial charge in [0.15, 0.2) is 0 Å². The molecule has 4 nitrogen and oxygen atoms in total. The molecule has 1 aliphatic rings. The molecule has 3 N–H and O–H groups in total. The third kappa shape index (κ3) is 3.70. The maximum absolute atomic E-state index is 12.0. The van der Waals surface area contributed by atoms with Gasteiger partial charge in [0.25, 0.3) is 5.91 Å². The molecule has 0 bridgehead atoms. The van der Waals surface area contributed by atoms with E-state index in [4.69, 9.17) is 0 Å². The molecule has 2 atom stereocenters. The molecule has 0 saturated carbocycles. The summed E-state index contributed by atoms with van der Waals surface area (Å²) < 4.78 is 0.758. The van der Waals surface area contributed by atoms with Crippen LogP contribution in [0.25, 0.3) is 0 Å². The number of amides is 1. The number of halogens is 1. The number of phenols is 1. The highest BCUT2D eigenvalue weighted by Crippen LogP contribution is 2.22. The van der Waals surface area contributed by atoms with E-state index in [0.29, 0.717) is 23.9 Å². The first-order valence-corrected chi connectivity index (χ1v) is 7.34. The highest BCUT2D eigenvalue weighted by Gasteiger charge is 2.22. The molecule has 1 aliphatic heterocycles. The van der Waals surface area contributed by atoms with Gasteiger partial charge in [0.1, 0.15) is 5.75 Å². The standard InChI is InChI=1S/C14H19BrN2O2/c1-9-7-16-5-4-10(9)8-17-14(19)12-3-2-11(15)6-13(12)18/h2-3,6,9-10,16,18H,4-5,7-8H2,1H3,(H,17,19). The second kappa shape index (κ2) is 6.39. The molecular formula is C14H19BrN2O2. The van der Waals surface area contributed by atoms with E-state index in [-0.39, 0.29) is 11.7 Å². The molecular weight excluding hydrogens is 308 g/mol. The van der Waals surface area contributed by atoms with Crippen LogP contribution in [0.1, 0.15) is 23.7 Å². The molecule has 1 fully saturated rings. The number of piperidine rings is 1. The molecule has 1 heterocycles. The Hall–Kier alpha value is -1.07. The van der Waals surface area contributed by atoms with E-state index in [2.05, 4.69) is 33.5 Å². The highest BCUT2D eigenvalue weighted by atomic mass is 79.9. The summed E-state index contributed by atoms with van der Waals surface area (Å²) in [4.78, 5) is 12.0. The molecule has 1 amide bonds. The summed E-state index contributed by atoms with van der Waals surface area (Å²) in [5.74, 6) is 0.858. The SMILES string of the molecule is CC1CNCCC1CNC(=O)c1ccc(Br)cc1O. The van der Waals surface area contributed by atoms with Crippen molar-refractivity contribution in [3.05, 3.63) is 28.2 Å². The van der Waals surface area contributed by atoms with E-state index in [0.717, 1.165) is 24.0 Å². The predicted molar refractivity (Wildman–Crippen MR) is 78.3 cm³/mol. The van der Waals surface area contributed by atoms with Crippen molar-refractivity contribution in [1.82, 2.24) is 10.6 Å². The third-order valence-corrected chi connectivity index (χ3v) is 4.19. The second-order valence-corrected chi connectivity index (χ2v) is 6.02. The minimum atomic E-state index is -0.212. The molecule has 104 valence electrons. The van der Waals surface area contributed by atoms with Crippen LogP contribution < -0.4 is 10.6 Å². The summed E-state index contributed by atoms with van der Waals surface area (Å²) in [6.45, 7) is 4.87. The largest absolute Gasteiger partial charge is 0.507 e. The molecule has 19 heavy (non-hydrogen) atoms. The first-order valence-electron chi connectivity index (χ1n) is 6.55. The van der Waals surface area contributed by atoms with E-state index >= 15 is 0 Å². The van der Waals surface area contributed by atoms with Gasteiger partial charge in [-0.1, -0.05) is 22.9 Å². The van der Waals surface area contributed by atoms with Gasteiger partial charge < -0.3 is 15.7 Å². The zero-order chi connectivity index (χ0) is 13.8. The molecule has 1 saturated heterocycles. The minimum absolute atomic E-state index is 0.00485. The lowest BCUT2D eigenvalue weighted by Gasteiger charge is -2.29. The number of aromatic hydroxyl groups is 1. The Kier molecular flexibility index (Phi) is 4.82. The lowest BCUT2D eigenvalue weighted by atomic mass is 9.88. The van der Waals surface area contributed by atoms with E-state index in [1.165, 1.54) is 6.07 Å². The zero-order valence-electron chi connectivity index (χ0n) is 10.9. The van der Waals surface area contributed by atoms with Crippen LogP contribution in [-0.2, 0) is 0 Å². The van der Waals surface area contributed by atoms with Crippen molar-refractivity contribution in [2.45, 2.75) is 13.3 Å². The summed E-state index contributed by atoms with van der Waals surface area (Å²) >= 11 is 3.26. The van der Waals surface area contributed by atoms with Gasteiger partial charge in [0, 0.05) is 11.0 Å². The lowest BCUT2D eigenvalue weighted by Crippen LogP contribution is -2.41. The fourth-order valence-corrected chi connectivity index (χ4v) is 2.74. The second-order valence-electron chi connectivity index (χ2n) is 5.10. The summed E-state index contributed by atoms with van der Waals surface area (Å²) in [6.07, 6.45) is 1.08. The Balaban J connectivity index is 1.93. The van der Waals surface area contributed by atoms with Crippen LogP contribution >= 0.6 is 15.9 Å². The molecule has 0 aromatic heterocycles. The van der Waals surface area contributed by atoms with Gasteiger partial charge in [-0.05, 0) is 49.5 Å². The molecule has 0 spiro atoms. The quantitative estimate of drug-likeness (QED) is 0.797. The first kappa shape index (κ1) is 14.3. The summed E-state index contributed by atoms with van der Waals surface area (Å²) in [5.41, 5.74) is 0.324. The van der Waals surface area contributed by atoms with Gasteiger partial charge in [0.2, 0.25) is 0 Å². The van der Waals surface area contributed by atoms with Crippen LogP contribution in [0.3, 0.4) is 0 Å². The average molecular weight is 327 g/mol. The summed E-state index contributed by atoms with van der Waals surface area (Å²) in [7, 11) is 0. The number of rotatable bonds is 3. The smallest absolute Gasteiger partial charge is 0.255 e. The van der Waals surface area contributed by atoms with Gasteiger partial charge in [-0.15, -0.1) is 0 Å². The van der Waals surface area contributed by atoms with Crippen LogP contribution in [0.15, 0.2) is 22.7 Å². The number of phenolic OH excluding ortho intramolecular Hbond substituents is 1. The fourth-order valence-electron chi connectivity index (χ4n) is 2.39. The zero-order valence-corrected chi connectivity index (χ0v) is 12.5. The number of nitrogens with one attached hydrogen (secondary N) is 2. The Morgan fingerprint density at radius 1 is 1.58 bits per heavy atom. The van der Waals surface area contributed by atoms with E-state index in [1.54, 1.807) is 12.1 Å². The maximum Gasteiger partial charge on any atom is 0.255 e. The van der Waals surface area contributed by atoms with Gasteiger partial charge >= 0.3 is 0 Å². The van der Waals surface area contributed by atoms with Gasteiger partial charge in [-0.3, -0.25) is 4.79 Å². The molecule has 2 rings (SSSR count). The van der Waals surface area contributed by atoms with Crippen LogP contribution in [0.5, 0.6) is 5.75 Å².